The molecule has 0 saturated heterocycles. The van der Waals surface area contributed by atoms with Gasteiger partial charge in [-0.1, -0.05) is 79.8 Å². The Bertz CT molecular complexity index is 551. The zero-order chi connectivity index (χ0) is 20.9. The summed E-state index contributed by atoms with van der Waals surface area (Å²) in [6.45, 7) is 8.21. The molecule has 0 aromatic heterocycles. The Hall–Kier alpha value is -2.09. The summed E-state index contributed by atoms with van der Waals surface area (Å²) in [5.41, 5.74) is -0.418. The largest absolute Gasteiger partial charge is 0.465 e. The maximum absolute atomic E-state index is 11.6. The maximum atomic E-state index is 11.6. The predicted octanol–water partition coefficient (Wildman–Crippen LogP) is 7.66. The van der Waals surface area contributed by atoms with Crippen LogP contribution in [-0.2, 0) is 9.53 Å². The molecule has 2 nitrogen and oxygen atoms in total. The first-order valence-electron chi connectivity index (χ1n) is 10.6. The van der Waals surface area contributed by atoms with E-state index in [0.717, 1.165) is 44.9 Å². The highest BCUT2D eigenvalue weighted by molar-refractivity contribution is 5.75. The van der Waals surface area contributed by atoms with Crippen molar-refractivity contribution in [2.75, 3.05) is 6.61 Å². The number of hydrogen-bond acceptors (Lipinski definition) is 2. The van der Waals surface area contributed by atoms with Crippen LogP contribution in [0.1, 0.15) is 72.6 Å². The van der Waals surface area contributed by atoms with Gasteiger partial charge in [0.05, 0.1) is 12.0 Å². The molecule has 0 amide bonds. The fourth-order valence-electron chi connectivity index (χ4n) is 2.08. The van der Waals surface area contributed by atoms with Crippen LogP contribution >= 0.6 is 0 Å². The minimum Gasteiger partial charge on any atom is -0.465 e. The van der Waals surface area contributed by atoms with Crippen molar-refractivity contribution in [2.45, 2.75) is 72.6 Å². The first kappa shape index (κ1) is 25.9. The van der Waals surface area contributed by atoms with E-state index in [0.29, 0.717) is 6.61 Å². The van der Waals surface area contributed by atoms with Crippen molar-refractivity contribution in [3.8, 4) is 0 Å². The van der Waals surface area contributed by atoms with Crippen molar-refractivity contribution in [1.29, 1.82) is 0 Å². The lowest BCUT2D eigenvalue weighted by molar-refractivity contribution is -0.152. The van der Waals surface area contributed by atoms with Gasteiger partial charge < -0.3 is 4.74 Å². The predicted molar refractivity (Wildman–Crippen MR) is 123 cm³/mol. The lowest BCUT2D eigenvalue weighted by Crippen LogP contribution is -2.23. The smallest absolute Gasteiger partial charge is 0.311 e. The molecule has 0 aromatic carbocycles. The van der Waals surface area contributed by atoms with Gasteiger partial charge in [0.15, 0.2) is 0 Å². The van der Waals surface area contributed by atoms with Gasteiger partial charge in [0.1, 0.15) is 0 Å². The van der Waals surface area contributed by atoms with Gasteiger partial charge in [0.25, 0.3) is 0 Å². The minimum atomic E-state index is -0.418. The van der Waals surface area contributed by atoms with Gasteiger partial charge in [-0.15, -0.1) is 0 Å². The molecule has 0 atom stereocenters. The van der Waals surface area contributed by atoms with Crippen molar-refractivity contribution < 1.29 is 9.53 Å². The molecule has 0 saturated carbocycles. The van der Waals surface area contributed by atoms with E-state index in [1.807, 2.05) is 20.8 Å². The summed E-state index contributed by atoms with van der Waals surface area (Å²) in [6, 6.07) is 0. The minimum absolute atomic E-state index is 0.140. The fourth-order valence-corrected chi connectivity index (χ4v) is 2.08. The van der Waals surface area contributed by atoms with E-state index in [2.05, 4.69) is 79.8 Å². The maximum Gasteiger partial charge on any atom is 0.311 e. The summed E-state index contributed by atoms with van der Waals surface area (Å²) < 4.78 is 5.21. The number of allylic oxidation sites excluding steroid dienone is 11. The molecule has 0 aliphatic heterocycles. The average molecular weight is 385 g/mol. The fraction of sp³-hybridized carbons (Fsp3) is 0.500. The topological polar surface area (TPSA) is 26.3 Å². The van der Waals surface area contributed by atoms with Crippen LogP contribution in [0.15, 0.2) is 72.9 Å². The van der Waals surface area contributed by atoms with Crippen LogP contribution in [0, 0.1) is 5.41 Å². The summed E-state index contributed by atoms with van der Waals surface area (Å²) >= 11 is 0. The summed E-state index contributed by atoms with van der Waals surface area (Å²) in [4.78, 5) is 11.6. The SMILES string of the molecule is CC/C=C\C/C=C\C/C=C\C/C=C\C/C=C\C/C=C\CCOC(=O)C(C)(C)C. The molecular weight excluding hydrogens is 344 g/mol. The molecule has 0 aliphatic carbocycles. The van der Waals surface area contributed by atoms with Crippen molar-refractivity contribution in [3.05, 3.63) is 72.9 Å². The van der Waals surface area contributed by atoms with Gasteiger partial charge in [0.2, 0.25) is 0 Å². The molecule has 0 unspecified atom stereocenters. The first-order chi connectivity index (χ1) is 13.5. The summed E-state index contributed by atoms with van der Waals surface area (Å²) in [7, 11) is 0. The van der Waals surface area contributed by atoms with Crippen molar-refractivity contribution >= 4 is 5.97 Å². The highest BCUT2D eigenvalue weighted by Crippen LogP contribution is 2.15. The van der Waals surface area contributed by atoms with Gasteiger partial charge in [-0.25, -0.2) is 0 Å². The highest BCUT2D eigenvalue weighted by atomic mass is 16.5. The number of carbonyl (C=O) groups is 1. The summed E-state index contributed by atoms with van der Waals surface area (Å²) in [5.74, 6) is -0.140. The molecule has 0 aromatic rings. The second-order valence-electron chi connectivity index (χ2n) is 7.59. The number of hydrogen-bond donors (Lipinski definition) is 0. The number of rotatable bonds is 14. The Kier molecular flexibility index (Phi) is 16.9. The van der Waals surface area contributed by atoms with Crippen LogP contribution in [0.5, 0.6) is 0 Å². The molecule has 0 fully saturated rings. The Morgan fingerprint density at radius 3 is 1.36 bits per heavy atom. The van der Waals surface area contributed by atoms with E-state index in [1.165, 1.54) is 0 Å². The zero-order valence-electron chi connectivity index (χ0n) is 18.4. The van der Waals surface area contributed by atoms with Crippen molar-refractivity contribution in [3.63, 3.8) is 0 Å². The van der Waals surface area contributed by atoms with Crippen LogP contribution < -0.4 is 0 Å². The Morgan fingerprint density at radius 1 is 0.643 bits per heavy atom. The molecule has 0 rings (SSSR count). The number of carbonyl (C=O) groups excluding carboxylic acids is 1. The quantitative estimate of drug-likeness (QED) is 0.174. The molecule has 0 N–H and O–H groups in total. The third kappa shape index (κ3) is 18.7. The third-order valence-corrected chi connectivity index (χ3v) is 3.73. The van der Waals surface area contributed by atoms with Crippen LogP contribution in [0.25, 0.3) is 0 Å². The first-order valence-corrected chi connectivity index (χ1v) is 10.6. The molecule has 0 heterocycles. The third-order valence-electron chi connectivity index (χ3n) is 3.73. The molecule has 0 aliphatic rings. The van der Waals surface area contributed by atoms with E-state index < -0.39 is 5.41 Å². The van der Waals surface area contributed by atoms with Crippen LogP contribution in [0.4, 0.5) is 0 Å². The van der Waals surface area contributed by atoms with Crippen LogP contribution in [-0.4, -0.2) is 12.6 Å². The molecule has 0 radical (unpaired) electrons. The lowest BCUT2D eigenvalue weighted by Gasteiger charge is -2.15. The van der Waals surface area contributed by atoms with Gasteiger partial charge in [0, 0.05) is 0 Å². The molecular formula is C26H40O2. The lowest BCUT2D eigenvalue weighted by atomic mass is 9.97. The van der Waals surface area contributed by atoms with Crippen molar-refractivity contribution in [2.24, 2.45) is 5.41 Å². The Morgan fingerprint density at radius 2 is 1.00 bits per heavy atom. The normalized spacial score (nSPS) is 13.4. The van der Waals surface area contributed by atoms with Gasteiger partial charge in [-0.2, -0.15) is 0 Å². The molecule has 156 valence electrons. The monoisotopic (exact) mass is 384 g/mol. The van der Waals surface area contributed by atoms with Crippen LogP contribution in [0.3, 0.4) is 0 Å². The van der Waals surface area contributed by atoms with E-state index in [-0.39, 0.29) is 5.97 Å². The number of esters is 1. The summed E-state index contributed by atoms with van der Waals surface area (Å²) in [6.07, 6.45) is 33.0. The van der Waals surface area contributed by atoms with E-state index in [1.54, 1.807) is 0 Å². The Balaban J connectivity index is 3.59. The summed E-state index contributed by atoms with van der Waals surface area (Å²) in [5, 5.41) is 0. The standard InChI is InChI=1S/C26H40O2/c1-5-6-7-8-9-10-11-12-13-14-15-16-17-18-19-20-21-22-23-24-28-25(27)26(2,3)4/h6-7,9-10,12-13,15-16,18-19,21-22H,5,8,11,14,17,20,23-24H2,1-4H3/b7-6-,10-9-,13-12-,16-15-,19-18-,22-21-. The average Bonchev–Trinajstić information content (AvgIpc) is 2.65. The molecule has 0 bridgehead atoms. The second-order valence-corrected chi connectivity index (χ2v) is 7.59. The van der Waals surface area contributed by atoms with Gasteiger partial charge in [-0.05, 0) is 65.7 Å². The second kappa shape index (κ2) is 18.3. The van der Waals surface area contributed by atoms with E-state index in [4.69, 9.17) is 4.74 Å². The van der Waals surface area contributed by atoms with Gasteiger partial charge in [-0.3, -0.25) is 4.79 Å². The highest BCUT2D eigenvalue weighted by Gasteiger charge is 2.22. The molecule has 0 spiro atoms. The molecule has 2 heteroatoms. The Labute approximate surface area is 173 Å². The number of ether oxygens (including phenoxy) is 1. The van der Waals surface area contributed by atoms with E-state index >= 15 is 0 Å². The van der Waals surface area contributed by atoms with E-state index in [9.17, 15) is 4.79 Å². The zero-order valence-corrected chi connectivity index (χ0v) is 18.4. The van der Waals surface area contributed by atoms with Crippen molar-refractivity contribution in [1.82, 2.24) is 0 Å². The molecule has 28 heavy (non-hydrogen) atoms. The van der Waals surface area contributed by atoms with Gasteiger partial charge >= 0.3 is 5.97 Å². The van der Waals surface area contributed by atoms with Crippen LogP contribution in [0.2, 0.25) is 0 Å².